The molecule has 6 heteroatoms. The van der Waals surface area contributed by atoms with Crippen molar-refractivity contribution in [3.8, 4) is 5.82 Å². The van der Waals surface area contributed by atoms with Gasteiger partial charge in [0.05, 0.1) is 16.4 Å². The Hall–Kier alpha value is -1.69. The van der Waals surface area contributed by atoms with E-state index >= 15 is 0 Å². The van der Waals surface area contributed by atoms with Gasteiger partial charge in [0.2, 0.25) is 0 Å². The number of fused-ring (bicyclic) bond motifs is 1. The first-order chi connectivity index (χ1) is 8.95. The summed E-state index contributed by atoms with van der Waals surface area (Å²) in [5.74, 6) is 0.774. The molecule has 0 aliphatic heterocycles. The molecule has 19 heavy (non-hydrogen) atoms. The molecular weight excluding hydrogens is 306 g/mol. The van der Waals surface area contributed by atoms with Crippen molar-refractivity contribution in [1.29, 1.82) is 0 Å². The van der Waals surface area contributed by atoms with Crippen LogP contribution < -0.4 is 0 Å². The van der Waals surface area contributed by atoms with Crippen LogP contribution in [0.3, 0.4) is 0 Å². The molecule has 3 aromatic rings. The summed E-state index contributed by atoms with van der Waals surface area (Å²) < 4.78 is 4.51. The van der Waals surface area contributed by atoms with Gasteiger partial charge < -0.3 is 0 Å². The van der Waals surface area contributed by atoms with Gasteiger partial charge in [0.25, 0.3) is 0 Å². The Labute approximate surface area is 119 Å². The van der Waals surface area contributed by atoms with Gasteiger partial charge in [-0.1, -0.05) is 20.8 Å². The van der Waals surface area contributed by atoms with Crippen molar-refractivity contribution in [1.82, 2.24) is 24.4 Å². The molecule has 0 amide bonds. The van der Waals surface area contributed by atoms with Gasteiger partial charge in [-0.05, 0) is 22.0 Å². The molecule has 0 unspecified atom stereocenters. The van der Waals surface area contributed by atoms with Crippen molar-refractivity contribution in [2.45, 2.75) is 26.2 Å². The Kier molecular flexibility index (Phi) is 2.70. The lowest BCUT2D eigenvalue weighted by Gasteiger charge is -2.13. The zero-order chi connectivity index (χ0) is 13.6. The number of aromatic nitrogens is 5. The molecule has 3 aromatic heterocycles. The average Bonchev–Trinajstić information content (AvgIpc) is 2.93. The van der Waals surface area contributed by atoms with Crippen molar-refractivity contribution >= 4 is 21.4 Å². The van der Waals surface area contributed by atoms with Crippen LogP contribution in [0.2, 0.25) is 0 Å². The van der Waals surface area contributed by atoms with E-state index < -0.39 is 0 Å². The lowest BCUT2D eigenvalue weighted by molar-refractivity contribution is 0.562. The number of nitrogens with zero attached hydrogens (tertiary/aromatic N) is 5. The molecule has 98 valence electrons. The molecule has 3 heterocycles. The zero-order valence-electron chi connectivity index (χ0n) is 11.0. The van der Waals surface area contributed by atoms with Crippen LogP contribution in [-0.2, 0) is 5.41 Å². The van der Waals surface area contributed by atoms with Crippen molar-refractivity contribution in [3.05, 3.63) is 41.0 Å². The van der Waals surface area contributed by atoms with Crippen LogP contribution in [0.25, 0.3) is 11.3 Å². The molecule has 0 saturated carbocycles. The minimum Gasteiger partial charge on any atom is -0.235 e. The van der Waals surface area contributed by atoms with Crippen LogP contribution in [-0.4, -0.2) is 24.4 Å². The van der Waals surface area contributed by atoms with Crippen LogP contribution in [0.15, 0.2) is 35.3 Å². The fourth-order valence-corrected chi connectivity index (χ4v) is 2.15. The van der Waals surface area contributed by atoms with Crippen molar-refractivity contribution < 1.29 is 0 Å². The first-order valence-corrected chi connectivity index (χ1v) is 6.80. The molecule has 0 N–H and O–H groups in total. The first kappa shape index (κ1) is 12.3. The molecule has 0 radical (unpaired) electrons. The Bertz CT molecular complexity index is 735. The van der Waals surface area contributed by atoms with E-state index in [2.05, 4.69) is 57.9 Å². The van der Waals surface area contributed by atoms with E-state index in [1.165, 1.54) is 0 Å². The van der Waals surface area contributed by atoms with Gasteiger partial charge in [-0.2, -0.15) is 10.2 Å². The topological polar surface area (TPSA) is 48.0 Å². The first-order valence-electron chi connectivity index (χ1n) is 6.00. The normalized spacial score (nSPS) is 12.2. The third-order valence-electron chi connectivity index (χ3n) is 2.91. The summed E-state index contributed by atoms with van der Waals surface area (Å²) in [4.78, 5) is 4.40. The van der Waals surface area contributed by atoms with Gasteiger partial charge in [-0.3, -0.25) is 0 Å². The molecule has 0 fully saturated rings. The van der Waals surface area contributed by atoms with Gasteiger partial charge in [0.1, 0.15) is 5.52 Å². The predicted octanol–water partition coefficient (Wildman–Crippen LogP) is 2.98. The molecule has 0 atom stereocenters. The second kappa shape index (κ2) is 4.16. The van der Waals surface area contributed by atoms with Gasteiger partial charge >= 0.3 is 0 Å². The SMILES string of the molecule is CC(C)(C)c1cc2c(-n3cc(Br)cn3)nccn2n1. The third-order valence-corrected chi connectivity index (χ3v) is 3.32. The van der Waals surface area contributed by atoms with Crippen LogP contribution >= 0.6 is 15.9 Å². The highest BCUT2D eigenvalue weighted by molar-refractivity contribution is 9.10. The minimum atomic E-state index is 0.00793. The van der Waals surface area contributed by atoms with Crippen molar-refractivity contribution in [2.24, 2.45) is 0 Å². The highest BCUT2D eigenvalue weighted by Crippen LogP contribution is 2.24. The second-order valence-electron chi connectivity index (χ2n) is 5.46. The fraction of sp³-hybridized carbons (Fsp3) is 0.308. The van der Waals surface area contributed by atoms with E-state index in [1.54, 1.807) is 17.1 Å². The Morgan fingerprint density at radius 3 is 2.68 bits per heavy atom. The summed E-state index contributed by atoms with van der Waals surface area (Å²) >= 11 is 3.40. The summed E-state index contributed by atoms with van der Waals surface area (Å²) in [5.41, 5.74) is 1.99. The molecule has 0 bridgehead atoms. The Morgan fingerprint density at radius 1 is 1.26 bits per heavy atom. The molecule has 0 spiro atoms. The molecular formula is C13H14BrN5. The van der Waals surface area contributed by atoms with E-state index in [0.717, 1.165) is 21.5 Å². The largest absolute Gasteiger partial charge is 0.235 e. The fourth-order valence-electron chi connectivity index (χ4n) is 1.87. The number of hydrogen-bond donors (Lipinski definition) is 0. The highest BCUT2D eigenvalue weighted by atomic mass is 79.9. The molecule has 0 aromatic carbocycles. The van der Waals surface area contributed by atoms with Crippen LogP contribution in [0.5, 0.6) is 0 Å². The quantitative estimate of drug-likeness (QED) is 0.692. The summed E-state index contributed by atoms with van der Waals surface area (Å²) in [5, 5.41) is 8.87. The van der Waals surface area contributed by atoms with E-state index in [-0.39, 0.29) is 5.41 Å². The average molecular weight is 320 g/mol. The molecule has 0 aliphatic rings. The second-order valence-corrected chi connectivity index (χ2v) is 6.38. The summed E-state index contributed by atoms with van der Waals surface area (Å²) in [6, 6.07) is 2.07. The standard InChI is InChI=1S/C13H14BrN5/c1-13(2,3)11-6-10-12(15-4-5-18(10)17-11)19-8-9(14)7-16-19/h4-8H,1-3H3. The van der Waals surface area contributed by atoms with E-state index in [4.69, 9.17) is 0 Å². The van der Waals surface area contributed by atoms with Crippen LogP contribution in [0.4, 0.5) is 0 Å². The third kappa shape index (κ3) is 2.16. The van der Waals surface area contributed by atoms with E-state index in [1.807, 2.05) is 16.9 Å². The number of hydrogen-bond acceptors (Lipinski definition) is 3. The molecule has 3 rings (SSSR count). The lowest BCUT2D eigenvalue weighted by atomic mass is 9.92. The van der Waals surface area contributed by atoms with Crippen LogP contribution in [0, 0.1) is 0 Å². The molecule has 0 aliphatic carbocycles. The van der Waals surface area contributed by atoms with Crippen molar-refractivity contribution in [3.63, 3.8) is 0 Å². The number of rotatable bonds is 1. The zero-order valence-corrected chi connectivity index (χ0v) is 12.6. The predicted molar refractivity (Wildman–Crippen MR) is 76.5 cm³/mol. The Balaban J connectivity index is 2.23. The van der Waals surface area contributed by atoms with E-state index in [9.17, 15) is 0 Å². The van der Waals surface area contributed by atoms with Gasteiger partial charge in [0, 0.05) is 24.0 Å². The summed E-state index contributed by atoms with van der Waals surface area (Å²) in [6.07, 6.45) is 7.21. The maximum absolute atomic E-state index is 4.60. The maximum Gasteiger partial charge on any atom is 0.179 e. The number of halogens is 1. The maximum atomic E-state index is 4.60. The highest BCUT2D eigenvalue weighted by Gasteiger charge is 2.19. The Morgan fingerprint density at radius 2 is 2.05 bits per heavy atom. The minimum absolute atomic E-state index is 0.00793. The lowest BCUT2D eigenvalue weighted by Crippen LogP contribution is -2.11. The van der Waals surface area contributed by atoms with Crippen LogP contribution in [0.1, 0.15) is 26.5 Å². The smallest absolute Gasteiger partial charge is 0.179 e. The molecule has 0 saturated heterocycles. The monoisotopic (exact) mass is 319 g/mol. The van der Waals surface area contributed by atoms with Gasteiger partial charge in [-0.15, -0.1) is 0 Å². The summed E-state index contributed by atoms with van der Waals surface area (Å²) in [7, 11) is 0. The van der Waals surface area contributed by atoms with E-state index in [0.29, 0.717) is 0 Å². The summed E-state index contributed by atoms with van der Waals surface area (Å²) in [6.45, 7) is 6.44. The van der Waals surface area contributed by atoms with Gasteiger partial charge in [0.15, 0.2) is 5.82 Å². The van der Waals surface area contributed by atoms with Crippen molar-refractivity contribution in [2.75, 3.05) is 0 Å². The van der Waals surface area contributed by atoms with Gasteiger partial charge in [-0.25, -0.2) is 14.2 Å². The molecule has 5 nitrogen and oxygen atoms in total.